The number of carbonyl (C=O) groups is 1. The largest absolute Gasteiger partial charge is 0.352 e. The fourth-order valence-corrected chi connectivity index (χ4v) is 4.54. The number of nitrogens with zero attached hydrogens (tertiary/aromatic N) is 6. The number of piperazine rings is 1. The number of carbonyl (C=O) groups excluding carboxylic acids is 1. The van der Waals surface area contributed by atoms with E-state index < -0.39 is 0 Å². The lowest BCUT2D eigenvalue weighted by Crippen LogP contribution is -2.49. The summed E-state index contributed by atoms with van der Waals surface area (Å²) in [5.74, 6) is 0.892. The maximum absolute atomic E-state index is 13.3. The summed E-state index contributed by atoms with van der Waals surface area (Å²) in [6, 6.07) is 6.14. The van der Waals surface area contributed by atoms with E-state index in [2.05, 4.69) is 30.4 Å². The van der Waals surface area contributed by atoms with Gasteiger partial charge >= 0.3 is 0 Å². The van der Waals surface area contributed by atoms with Crippen LogP contribution < -0.4 is 10.2 Å². The summed E-state index contributed by atoms with van der Waals surface area (Å²) in [5.41, 5.74) is 0.606. The van der Waals surface area contributed by atoms with E-state index in [0.29, 0.717) is 34.0 Å². The Labute approximate surface area is 175 Å². The van der Waals surface area contributed by atoms with Gasteiger partial charge in [0.05, 0.1) is 11.9 Å². The maximum Gasteiger partial charge on any atom is 0.233 e. The van der Waals surface area contributed by atoms with Crippen LogP contribution in [-0.2, 0) is 4.79 Å². The molecule has 4 rings (SSSR count). The van der Waals surface area contributed by atoms with E-state index in [1.165, 1.54) is 35.2 Å². The molecule has 1 aromatic carbocycles. The zero-order valence-corrected chi connectivity index (χ0v) is 17.0. The molecule has 2 aromatic heterocycles. The summed E-state index contributed by atoms with van der Waals surface area (Å²) >= 11 is 2.69. The Hall–Kier alpha value is -2.79. The van der Waals surface area contributed by atoms with Crippen LogP contribution in [0.3, 0.4) is 0 Å². The van der Waals surface area contributed by atoms with Gasteiger partial charge in [-0.25, -0.2) is 9.37 Å². The number of thioether (sulfide) groups is 1. The molecule has 11 heteroatoms. The van der Waals surface area contributed by atoms with Crippen molar-refractivity contribution in [2.45, 2.75) is 4.34 Å². The highest BCUT2D eigenvalue weighted by molar-refractivity contribution is 8.01. The molecule has 3 heterocycles. The SMILES string of the molecule is O=C(CSc1nnc(Nc2cccc(F)c2)s1)N1CCN(c2cnccn2)CC1. The number of rotatable bonds is 6. The second-order valence-electron chi connectivity index (χ2n) is 6.23. The minimum atomic E-state index is -0.320. The van der Waals surface area contributed by atoms with Crippen molar-refractivity contribution in [1.29, 1.82) is 0 Å². The van der Waals surface area contributed by atoms with Crippen LogP contribution in [0.2, 0.25) is 0 Å². The van der Waals surface area contributed by atoms with Crippen LogP contribution in [0, 0.1) is 5.82 Å². The van der Waals surface area contributed by atoms with Crippen molar-refractivity contribution in [3.63, 3.8) is 0 Å². The molecule has 1 aliphatic rings. The summed E-state index contributed by atoms with van der Waals surface area (Å²) < 4.78 is 13.9. The lowest BCUT2D eigenvalue weighted by molar-refractivity contribution is -0.128. The number of amides is 1. The van der Waals surface area contributed by atoms with Crippen molar-refractivity contribution < 1.29 is 9.18 Å². The smallest absolute Gasteiger partial charge is 0.233 e. The maximum atomic E-state index is 13.3. The molecule has 0 saturated carbocycles. The fourth-order valence-electron chi connectivity index (χ4n) is 2.86. The molecule has 3 aromatic rings. The molecule has 150 valence electrons. The van der Waals surface area contributed by atoms with E-state index in [-0.39, 0.29) is 11.7 Å². The molecule has 0 spiro atoms. The molecular weight excluding hydrogens is 413 g/mol. The number of benzene rings is 1. The first-order valence-electron chi connectivity index (χ1n) is 8.95. The van der Waals surface area contributed by atoms with Crippen molar-refractivity contribution in [2.75, 3.05) is 42.1 Å². The highest BCUT2D eigenvalue weighted by Crippen LogP contribution is 2.28. The van der Waals surface area contributed by atoms with Crippen molar-refractivity contribution >= 4 is 45.6 Å². The third-order valence-corrected chi connectivity index (χ3v) is 6.26. The van der Waals surface area contributed by atoms with Crippen LogP contribution in [0.4, 0.5) is 21.0 Å². The first-order valence-corrected chi connectivity index (χ1v) is 10.8. The summed E-state index contributed by atoms with van der Waals surface area (Å²) in [7, 11) is 0. The number of anilines is 3. The van der Waals surface area contributed by atoms with Crippen LogP contribution in [0.25, 0.3) is 0 Å². The molecule has 1 amide bonds. The molecule has 1 aliphatic heterocycles. The molecule has 0 atom stereocenters. The van der Waals surface area contributed by atoms with E-state index in [1.807, 2.05) is 4.90 Å². The second kappa shape index (κ2) is 9.14. The van der Waals surface area contributed by atoms with Crippen LogP contribution in [-0.4, -0.2) is 62.9 Å². The van der Waals surface area contributed by atoms with Gasteiger partial charge in [0.2, 0.25) is 11.0 Å². The molecule has 1 saturated heterocycles. The van der Waals surface area contributed by atoms with Gasteiger partial charge in [0, 0.05) is 44.3 Å². The third kappa shape index (κ3) is 5.18. The van der Waals surface area contributed by atoms with Crippen molar-refractivity contribution in [1.82, 2.24) is 25.1 Å². The summed E-state index contributed by atoms with van der Waals surface area (Å²) in [6.45, 7) is 2.77. The van der Waals surface area contributed by atoms with Gasteiger partial charge in [-0.1, -0.05) is 29.2 Å². The second-order valence-corrected chi connectivity index (χ2v) is 8.43. The minimum Gasteiger partial charge on any atom is -0.352 e. The molecule has 0 aliphatic carbocycles. The van der Waals surface area contributed by atoms with Gasteiger partial charge in [0.15, 0.2) is 4.34 Å². The normalized spacial score (nSPS) is 14.1. The van der Waals surface area contributed by atoms with Gasteiger partial charge < -0.3 is 15.1 Å². The highest BCUT2D eigenvalue weighted by Gasteiger charge is 2.22. The summed E-state index contributed by atoms with van der Waals surface area (Å²) in [6.07, 6.45) is 5.05. The van der Waals surface area contributed by atoms with Crippen LogP contribution >= 0.6 is 23.1 Å². The number of nitrogens with one attached hydrogen (secondary N) is 1. The predicted octanol–water partition coefficient (Wildman–Crippen LogP) is 2.65. The lowest BCUT2D eigenvalue weighted by atomic mass is 10.3. The topological polar surface area (TPSA) is 87.1 Å². The van der Waals surface area contributed by atoms with Crippen LogP contribution in [0.1, 0.15) is 0 Å². The Kier molecular flexibility index (Phi) is 6.15. The predicted molar refractivity (Wildman–Crippen MR) is 111 cm³/mol. The van der Waals surface area contributed by atoms with Gasteiger partial charge in [-0.05, 0) is 18.2 Å². The van der Waals surface area contributed by atoms with Crippen molar-refractivity contribution in [2.24, 2.45) is 0 Å². The van der Waals surface area contributed by atoms with Gasteiger partial charge in [-0.3, -0.25) is 9.78 Å². The Bertz CT molecular complexity index is 964. The van der Waals surface area contributed by atoms with Gasteiger partial charge in [-0.2, -0.15) is 0 Å². The quantitative estimate of drug-likeness (QED) is 0.596. The molecule has 0 bridgehead atoms. The number of hydrogen-bond donors (Lipinski definition) is 1. The van der Waals surface area contributed by atoms with E-state index in [1.54, 1.807) is 30.7 Å². The number of hydrogen-bond acceptors (Lipinski definition) is 9. The summed E-state index contributed by atoms with van der Waals surface area (Å²) in [5, 5.41) is 11.7. The Morgan fingerprint density at radius 1 is 1.21 bits per heavy atom. The Balaban J connectivity index is 1.24. The molecule has 1 fully saturated rings. The van der Waals surface area contributed by atoms with E-state index in [0.717, 1.165) is 18.9 Å². The molecular formula is C18H18FN7OS2. The average molecular weight is 432 g/mol. The Morgan fingerprint density at radius 3 is 2.83 bits per heavy atom. The van der Waals surface area contributed by atoms with Gasteiger partial charge in [0.1, 0.15) is 11.6 Å². The number of aromatic nitrogens is 4. The van der Waals surface area contributed by atoms with E-state index >= 15 is 0 Å². The van der Waals surface area contributed by atoms with Crippen molar-refractivity contribution in [3.05, 3.63) is 48.7 Å². The first-order chi connectivity index (χ1) is 14.2. The van der Waals surface area contributed by atoms with E-state index in [4.69, 9.17) is 0 Å². The molecule has 1 N–H and O–H groups in total. The zero-order valence-electron chi connectivity index (χ0n) is 15.4. The van der Waals surface area contributed by atoms with E-state index in [9.17, 15) is 9.18 Å². The lowest BCUT2D eigenvalue weighted by Gasteiger charge is -2.35. The van der Waals surface area contributed by atoms with Gasteiger partial charge in [0.25, 0.3) is 0 Å². The third-order valence-electron chi connectivity index (χ3n) is 4.31. The van der Waals surface area contributed by atoms with Crippen LogP contribution in [0.5, 0.6) is 0 Å². The minimum absolute atomic E-state index is 0.0728. The number of halogens is 1. The fraction of sp³-hybridized carbons (Fsp3) is 0.278. The first kappa shape index (κ1) is 19.5. The zero-order chi connectivity index (χ0) is 20.1. The van der Waals surface area contributed by atoms with Gasteiger partial charge in [-0.15, -0.1) is 10.2 Å². The highest BCUT2D eigenvalue weighted by atomic mass is 32.2. The average Bonchev–Trinajstić information content (AvgIpc) is 3.20. The Morgan fingerprint density at radius 2 is 2.07 bits per heavy atom. The van der Waals surface area contributed by atoms with Crippen molar-refractivity contribution in [3.8, 4) is 0 Å². The molecule has 0 radical (unpaired) electrons. The molecule has 8 nitrogen and oxygen atoms in total. The molecule has 0 unspecified atom stereocenters. The standard InChI is InChI=1S/C18H18FN7OS2/c19-13-2-1-3-14(10-13)22-17-23-24-18(29-17)28-12-16(27)26-8-6-25(7-9-26)15-11-20-4-5-21-15/h1-5,10-11H,6-9,12H2,(H,22,23). The van der Waals surface area contributed by atoms with Crippen LogP contribution in [0.15, 0.2) is 47.2 Å². The summed E-state index contributed by atoms with van der Waals surface area (Å²) in [4.78, 5) is 24.9. The monoisotopic (exact) mass is 431 g/mol. The molecule has 29 heavy (non-hydrogen) atoms.